The van der Waals surface area contributed by atoms with Crippen molar-refractivity contribution in [3.05, 3.63) is 23.6 Å². The van der Waals surface area contributed by atoms with Crippen molar-refractivity contribution in [2.45, 2.75) is 18.9 Å². The van der Waals surface area contributed by atoms with Gasteiger partial charge < -0.3 is 15.5 Å². The van der Waals surface area contributed by atoms with Gasteiger partial charge in [0.05, 0.1) is 18.1 Å². The van der Waals surface area contributed by atoms with Crippen LogP contribution in [0.25, 0.3) is 0 Å². The van der Waals surface area contributed by atoms with E-state index in [2.05, 4.69) is 25.7 Å². The number of aryl methyl sites for hydroxylation is 1. The average Bonchev–Trinajstić information content (AvgIpc) is 3.07. The molecule has 0 aromatic carbocycles. The van der Waals surface area contributed by atoms with Crippen LogP contribution < -0.4 is 10.6 Å². The first-order valence-corrected chi connectivity index (χ1v) is 7.68. The Labute approximate surface area is 138 Å². The van der Waals surface area contributed by atoms with Crippen molar-refractivity contribution in [3.8, 4) is 0 Å². The first-order chi connectivity index (χ1) is 11.0. The van der Waals surface area contributed by atoms with Crippen LogP contribution in [0.4, 0.5) is 17.5 Å². The molecular formula is C14H18ClN7O. The van der Waals surface area contributed by atoms with E-state index < -0.39 is 0 Å². The van der Waals surface area contributed by atoms with Gasteiger partial charge in [-0.2, -0.15) is 10.1 Å². The molecule has 0 bridgehead atoms. The fourth-order valence-electron chi connectivity index (χ4n) is 2.48. The highest BCUT2D eigenvalue weighted by Gasteiger charge is 2.27. The van der Waals surface area contributed by atoms with Gasteiger partial charge in [-0.1, -0.05) is 11.6 Å². The van der Waals surface area contributed by atoms with Crippen molar-refractivity contribution < 1.29 is 4.79 Å². The lowest BCUT2D eigenvalue weighted by molar-refractivity contribution is -0.127. The Morgan fingerprint density at radius 1 is 1.39 bits per heavy atom. The molecule has 0 radical (unpaired) electrons. The summed E-state index contributed by atoms with van der Waals surface area (Å²) in [6.07, 6.45) is 6.48. The first-order valence-electron chi connectivity index (χ1n) is 7.30. The number of carbonyl (C=O) groups excluding carboxylic acids is 1. The van der Waals surface area contributed by atoms with Crippen molar-refractivity contribution in [2.24, 2.45) is 7.05 Å². The van der Waals surface area contributed by atoms with Gasteiger partial charge >= 0.3 is 0 Å². The minimum atomic E-state index is 0.156. The maximum absolute atomic E-state index is 11.6. The van der Waals surface area contributed by atoms with E-state index in [4.69, 9.17) is 11.6 Å². The number of nitrogens with one attached hydrogen (secondary N) is 2. The highest BCUT2D eigenvalue weighted by atomic mass is 35.5. The lowest BCUT2D eigenvalue weighted by atomic mass is 10.2. The van der Waals surface area contributed by atoms with E-state index in [0.717, 1.165) is 12.1 Å². The number of hydrogen-bond donors (Lipinski definition) is 2. The molecule has 1 saturated heterocycles. The molecule has 0 saturated carbocycles. The van der Waals surface area contributed by atoms with Gasteiger partial charge in [0.15, 0.2) is 5.82 Å². The molecule has 1 aliphatic heterocycles. The van der Waals surface area contributed by atoms with E-state index in [9.17, 15) is 4.79 Å². The Morgan fingerprint density at radius 2 is 2.22 bits per heavy atom. The summed E-state index contributed by atoms with van der Waals surface area (Å²) in [5, 5.41) is 10.8. The van der Waals surface area contributed by atoms with Gasteiger partial charge in [0.1, 0.15) is 5.02 Å². The third kappa shape index (κ3) is 3.53. The average molecular weight is 336 g/mol. The Morgan fingerprint density at radius 3 is 2.87 bits per heavy atom. The Hall–Kier alpha value is -2.35. The summed E-state index contributed by atoms with van der Waals surface area (Å²) in [5.41, 5.74) is 0.793. The van der Waals surface area contributed by atoms with E-state index in [1.165, 1.54) is 0 Å². The van der Waals surface area contributed by atoms with Gasteiger partial charge in [-0.05, 0) is 6.42 Å². The van der Waals surface area contributed by atoms with Crippen LogP contribution in [0, 0.1) is 0 Å². The summed E-state index contributed by atoms with van der Waals surface area (Å²) in [5.74, 6) is 1.14. The van der Waals surface area contributed by atoms with Crippen molar-refractivity contribution in [1.82, 2.24) is 24.6 Å². The van der Waals surface area contributed by atoms with Gasteiger partial charge in [0.25, 0.3) is 0 Å². The van der Waals surface area contributed by atoms with Crippen molar-refractivity contribution >= 4 is 35.0 Å². The second-order valence-corrected chi connectivity index (χ2v) is 5.90. The van der Waals surface area contributed by atoms with Crippen molar-refractivity contribution in [2.75, 3.05) is 24.2 Å². The maximum atomic E-state index is 11.6. The number of carbonyl (C=O) groups is 1. The predicted molar refractivity (Wildman–Crippen MR) is 87.8 cm³/mol. The number of amides is 1. The molecule has 0 spiro atoms. The summed E-state index contributed by atoms with van der Waals surface area (Å²) in [7, 11) is 3.65. The highest BCUT2D eigenvalue weighted by Crippen LogP contribution is 2.23. The van der Waals surface area contributed by atoms with Crippen LogP contribution in [0.5, 0.6) is 0 Å². The first kappa shape index (κ1) is 15.5. The van der Waals surface area contributed by atoms with Crippen LogP contribution in [0.1, 0.15) is 12.8 Å². The third-order valence-corrected chi connectivity index (χ3v) is 4.12. The molecule has 3 heterocycles. The number of nitrogens with zero attached hydrogens (tertiary/aromatic N) is 5. The molecule has 2 aromatic heterocycles. The summed E-state index contributed by atoms with van der Waals surface area (Å²) in [6, 6.07) is 0.156. The topological polar surface area (TPSA) is 88.0 Å². The number of aromatic nitrogens is 4. The monoisotopic (exact) mass is 335 g/mol. The van der Waals surface area contributed by atoms with E-state index in [0.29, 0.717) is 29.8 Å². The van der Waals surface area contributed by atoms with Crippen LogP contribution in [0.3, 0.4) is 0 Å². The predicted octanol–water partition coefficient (Wildman–Crippen LogP) is 1.64. The zero-order valence-electron chi connectivity index (χ0n) is 13.0. The van der Waals surface area contributed by atoms with Crippen LogP contribution in [-0.4, -0.2) is 50.2 Å². The summed E-state index contributed by atoms with van der Waals surface area (Å²) < 4.78 is 1.68. The molecule has 23 heavy (non-hydrogen) atoms. The number of anilines is 3. The zero-order chi connectivity index (χ0) is 16.4. The van der Waals surface area contributed by atoms with E-state index in [1.54, 1.807) is 22.0 Å². The lowest BCUT2D eigenvalue weighted by Crippen LogP contribution is -2.34. The van der Waals surface area contributed by atoms with E-state index >= 15 is 0 Å². The normalized spacial score (nSPS) is 17.6. The fraction of sp³-hybridized carbons (Fsp3) is 0.429. The molecule has 1 fully saturated rings. The number of likely N-dealkylation sites (tertiary alicyclic amines) is 1. The molecule has 2 N–H and O–H groups in total. The van der Waals surface area contributed by atoms with Crippen LogP contribution in [-0.2, 0) is 11.8 Å². The second kappa shape index (κ2) is 6.41. The highest BCUT2D eigenvalue weighted by molar-refractivity contribution is 6.32. The molecule has 1 amide bonds. The molecule has 1 aliphatic rings. The van der Waals surface area contributed by atoms with Crippen LogP contribution >= 0.6 is 11.6 Å². The van der Waals surface area contributed by atoms with Gasteiger partial charge in [0.2, 0.25) is 11.9 Å². The molecular weight excluding hydrogens is 318 g/mol. The van der Waals surface area contributed by atoms with Gasteiger partial charge in [-0.3, -0.25) is 9.48 Å². The smallest absolute Gasteiger partial charge is 0.229 e. The van der Waals surface area contributed by atoms with E-state index in [-0.39, 0.29) is 11.9 Å². The second-order valence-electron chi connectivity index (χ2n) is 5.50. The molecule has 8 nitrogen and oxygen atoms in total. The van der Waals surface area contributed by atoms with Gasteiger partial charge in [-0.15, -0.1) is 0 Å². The van der Waals surface area contributed by atoms with Crippen LogP contribution in [0.2, 0.25) is 5.02 Å². The van der Waals surface area contributed by atoms with Crippen molar-refractivity contribution in [3.63, 3.8) is 0 Å². The molecule has 0 aliphatic carbocycles. The number of rotatable bonds is 5. The minimum absolute atomic E-state index is 0.156. The number of likely N-dealkylation sites (N-methyl/N-ethyl adjacent to an activating group) is 1. The Balaban J connectivity index is 1.67. The van der Waals surface area contributed by atoms with E-state index in [1.807, 2.05) is 20.3 Å². The quantitative estimate of drug-likeness (QED) is 0.863. The van der Waals surface area contributed by atoms with Gasteiger partial charge in [-0.25, -0.2) is 4.98 Å². The van der Waals surface area contributed by atoms with Crippen molar-refractivity contribution in [1.29, 1.82) is 0 Å². The SMILES string of the molecule is CN1C(=O)CCC1CNc1nc(Nc2cnn(C)c2)ncc1Cl. The third-order valence-electron chi connectivity index (χ3n) is 3.84. The number of hydrogen-bond acceptors (Lipinski definition) is 6. The summed E-state index contributed by atoms with van der Waals surface area (Å²) >= 11 is 6.14. The molecule has 3 rings (SSSR count). The molecule has 122 valence electrons. The van der Waals surface area contributed by atoms with Gasteiger partial charge in [0, 0.05) is 39.3 Å². The molecule has 1 unspecified atom stereocenters. The lowest BCUT2D eigenvalue weighted by Gasteiger charge is -2.20. The molecule has 9 heteroatoms. The fourth-order valence-corrected chi connectivity index (χ4v) is 2.64. The summed E-state index contributed by atoms with van der Waals surface area (Å²) in [6.45, 7) is 0.602. The maximum Gasteiger partial charge on any atom is 0.229 e. The number of halogens is 1. The largest absolute Gasteiger partial charge is 0.367 e. The van der Waals surface area contributed by atoms with Crippen LogP contribution in [0.15, 0.2) is 18.6 Å². The Bertz CT molecular complexity index is 717. The standard InChI is InChI=1S/C14H18ClN7O/c1-21-8-9(5-18-21)19-14-17-7-11(15)13(20-14)16-6-10-3-4-12(23)22(10)2/h5,7-8,10H,3-4,6H2,1-2H3,(H2,16,17,19,20). The minimum Gasteiger partial charge on any atom is -0.367 e. The molecule has 2 aromatic rings. The molecule has 1 atom stereocenters. The Kier molecular flexibility index (Phi) is 4.33. The summed E-state index contributed by atoms with van der Waals surface area (Å²) in [4.78, 5) is 21.8. The zero-order valence-corrected chi connectivity index (χ0v) is 13.7.